The number of benzene rings is 1. The van der Waals surface area contributed by atoms with Gasteiger partial charge in [-0.3, -0.25) is 4.90 Å². The van der Waals surface area contributed by atoms with E-state index >= 15 is 0 Å². The van der Waals surface area contributed by atoms with Crippen LogP contribution in [-0.2, 0) is 9.16 Å². The minimum absolute atomic E-state index is 0.121. The number of nitrogens with zero attached hydrogens (tertiary/aromatic N) is 1. The molecule has 0 saturated carbocycles. The van der Waals surface area contributed by atoms with Crippen LogP contribution in [0.3, 0.4) is 0 Å². The Labute approximate surface area is 145 Å². The molecule has 0 aliphatic carbocycles. The largest absolute Gasteiger partial charge is 0.447 e. The van der Waals surface area contributed by atoms with Gasteiger partial charge < -0.3 is 9.16 Å². The fraction of sp³-hybridized carbons (Fsp3) is 0.611. The van der Waals surface area contributed by atoms with Crippen molar-refractivity contribution < 1.29 is 18.3 Å². The second kappa shape index (κ2) is 6.84. The van der Waals surface area contributed by atoms with Crippen molar-refractivity contribution in [1.82, 2.24) is 0 Å². The first-order valence-electron chi connectivity index (χ1n) is 8.39. The van der Waals surface area contributed by atoms with E-state index in [0.29, 0.717) is 30.9 Å². The van der Waals surface area contributed by atoms with Gasteiger partial charge in [0.1, 0.15) is 12.4 Å². The molecule has 2 rings (SSSR count). The Morgan fingerprint density at radius 2 is 2.04 bits per heavy atom. The predicted octanol–water partition coefficient (Wildman–Crippen LogP) is 4.87. The summed E-state index contributed by atoms with van der Waals surface area (Å²) >= 11 is 0. The Balaban J connectivity index is 2.04. The molecule has 1 aliphatic heterocycles. The van der Waals surface area contributed by atoms with Gasteiger partial charge >= 0.3 is 6.09 Å². The van der Waals surface area contributed by atoms with Crippen molar-refractivity contribution in [1.29, 1.82) is 0 Å². The number of halogens is 1. The predicted molar refractivity (Wildman–Crippen MR) is 96.5 cm³/mol. The topological polar surface area (TPSA) is 38.8 Å². The fourth-order valence-electron chi connectivity index (χ4n) is 2.39. The molecule has 1 aromatic rings. The van der Waals surface area contributed by atoms with Gasteiger partial charge in [-0.2, -0.15) is 0 Å². The third kappa shape index (κ3) is 3.98. The van der Waals surface area contributed by atoms with Gasteiger partial charge in [-0.1, -0.05) is 26.8 Å². The standard InChI is InChI=1S/C18H28FNO3Si/c1-13-7-8-14(11-16(13)19)20-15(12-22-17(20)21)9-10-23-24(5,6)18(2,3)4/h7-8,11,15H,9-10,12H2,1-6H3. The summed E-state index contributed by atoms with van der Waals surface area (Å²) in [4.78, 5) is 13.6. The third-order valence-corrected chi connectivity index (χ3v) is 9.65. The summed E-state index contributed by atoms with van der Waals surface area (Å²) in [6, 6.07) is 4.71. The monoisotopic (exact) mass is 353 g/mol. The Bertz CT molecular complexity index is 613. The molecule has 0 radical (unpaired) electrons. The van der Waals surface area contributed by atoms with Crippen LogP contribution in [0.25, 0.3) is 0 Å². The number of rotatable bonds is 5. The summed E-state index contributed by atoms with van der Waals surface area (Å²) in [5.41, 5.74) is 1.10. The third-order valence-electron chi connectivity index (χ3n) is 5.11. The van der Waals surface area contributed by atoms with E-state index in [4.69, 9.17) is 9.16 Å². The number of hydrogen-bond acceptors (Lipinski definition) is 3. The van der Waals surface area contributed by atoms with Gasteiger partial charge in [0.15, 0.2) is 8.32 Å². The highest BCUT2D eigenvalue weighted by Gasteiger charge is 2.38. The van der Waals surface area contributed by atoms with E-state index in [1.165, 1.54) is 11.0 Å². The maximum absolute atomic E-state index is 13.8. The van der Waals surface area contributed by atoms with E-state index in [0.717, 1.165) is 0 Å². The number of anilines is 1. The zero-order valence-electron chi connectivity index (χ0n) is 15.5. The molecule has 1 amide bonds. The minimum atomic E-state index is -1.82. The summed E-state index contributed by atoms with van der Waals surface area (Å²) in [7, 11) is -1.82. The number of cyclic esters (lactones) is 1. The van der Waals surface area contributed by atoms with Crippen LogP contribution in [0.5, 0.6) is 0 Å². The first kappa shape index (κ1) is 18.9. The average molecular weight is 354 g/mol. The molecular weight excluding hydrogens is 325 g/mol. The number of carbonyl (C=O) groups is 1. The molecule has 0 aromatic heterocycles. The fourth-order valence-corrected chi connectivity index (χ4v) is 3.45. The summed E-state index contributed by atoms with van der Waals surface area (Å²) in [6.45, 7) is 13.6. The van der Waals surface area contributed by atoms with Crippen molar-refractivity contribution in [3.63, 3.8) is 0 Å². The summed E-state index contributed by atoms with van der Waals surface area (Å²) in [5, 5.41) is 0.148. The first-order chi connectivity index (χ1) is 11.0. The summed E-state index contributed by atoms with van der Waals surface area (Å²) in [6.07, 6.45) is 0.254. The number of amides is 1. The molecule has 0 bridgehead atoms. The second-order valence-corrected chi connectivity index (χ2v) is 12.7. The van der Waals surface area contributed by atoms with Gasteiger partial charge in [-0.25, -0.2) is 9.18 Å². The molecule has 1 aromatic carbocycles. The van der Waals surface area contributed by atoms with Crippen LogP contribution >= 0.6 is 0 Å². The average Bonchev–Trinajstić information content (AvgIpc) is 2.82. The molecular formula is C18H28FNO3Si. The Kier molecular flexibility index (Phi) is 5.40. The number of carbonyl (C=O) groups excluding carboxylic acids is 1. The lowest BCUT2D eigenvalue weighted by atomic mass is 10.1. The van der Waals surface area contributed by atoms with Crippen molar-refractivity contribution in [3.8, 4) is 0 Å². The molecule has 6 heteroatoms. The van der Waals surface area contributed by atoms with Crippen molar-refractivity contribution >= 4 is 20.1 Å². The Morgan fingerprint density at radius 3 is 2.62 bits per heavy atom. The Morgan fingerprint density at radius 1 is 1.38 bits per heavy atom. The molecule has 1 aliphatic rings. The van der Waals surface area contributed by atoms with Crippen LogP contribution in [0.15, 0.2) is 18.2 Å². The molecule has 1 unspecified atom stereocenters. The van der Waals surface area contributed by atoms with Crippen molar-refractivity contribution in [3.05, 3.63) is 29.6 Å². The van der Waals surface area contributed by atoms with Crippen molar-refractivity contribution in [2.75, 3.05) is 18.1 Å². The summed E-state index contributed by atoms with van der Waals surface area (Å²) in [5.74, 6) is -0.316. The van der Waals surface area contributed by atoms with Crippen LogP contribution in [0.1, 0.15) is 32.8 Å². The SMILES string of the molecule is Cc1ccc(N2C(=O)OCC2CCO[Si](C)(C)C(C)(C)C)cc1F. The number of hydrogen-bond donors (Lipinski definition) is 0. The summed E-state index contributed by atoms with van der Waals surface area (Å²) < 4.78 is 25.2. The highest BCUT2D eigenvalue weighted by atomic mass is 28.4. The molecule has 1 atom stereocenters. The molecule has 1 fully saturated rings. The van der Waals surface area contributed by atoms with Crippen LogP contribution in [0.4, 0.5) is 14.9 Å². The smallest absolute Gasteiger partial charge is 0.414 e. The lowest BCUT2D eigenvalue weighted by Crippen LogP contribution is -2.42. The molecule has 1 heterocycles. The van der Waals surface area contributed by atoms with E-state index in [1.54, 1.807) is 19.1 Å². The van der Waals surface area contributed by atoms with Gasteiger partial charge in [-0.15, -0.1) is 0 Å². The Hall–Kier alpha value is -1.40. The molecule has 0 N–H and O–H groups in total. The van der Waals surface area contributed by atoms with Crippen LogP contribution in [0, 0.1) is 12.7 Å². The van der Waals surface area contributed by atoms with Gasteiger partial charge in [0.05, 0.1) is 11.7 Å². The second-order valence-electron chi connectivity index (χ2n) is 7.93. The van der Waals surface area contributed by atoms with E-state index in [9.17, 15) is 9.18 Å². The molecule has 0 spiro atoms. The molecule has 134 valence electrons. The van der Waals surface area contributed by atoms with Crippen LogP contribution in [-0.4, -0.2) is 33.7 Å². The zero-order valence-corrected chi connectivity index (χ0v) is 16.5. The van der Waals surface area contributed by atoms with E-state index < -0.39 is 14.4 Å². The van der Waals surface area contributed by atoms with Crippen molar-refractivity contribution in [2.45, 2.75) is 58.3 Å². The lowest BCUT2D eigenvalue weighted by molar-refractivity contribution is 0.177. The van der Waals surface area contributed by atoms with Gasteiger partial charge in [0, 0.05) is 6.61 Å². The number of aryl methyl sites for hydroxylation is 1. The van der Waals surface area contributed by atoms with E-state index in [-0.39, 0.29) is 16.9 Å². The quantitative estimate of drug-likeness (QED) is 0.709. The lowest BCUT2D eigenvalue weighted by Gasteiger charge is -2.36. The van der Waals surface area contributed by atoms with Crippen LogP contribution < -0.4 is 4.90 Å². The number of ether oxygens (including phenoxy) is 1. The van der Waals surface area contributed by atoms with E-state index in [1.807, 2.05) is 0 Å². The normalized spacial score (nSPS) is 18.9. The first-order valence-corrected chi connectivity index (χ1v) is 11.3. The maximum Gasteiger partial charge on any atom is 0.414 e. The van der Waals surface area contributed by atoms with E-state index in [2.05, 4.69) is 33.9 Å². The molecule has 4 nitrogen and oxygen atoms in total. The van der Waals surface area contributed by atoms with Gasteiger partial charge in [-0.05, 0) is 49.2 Å². The molecule has 1 saturated heterocycles. The van der Waals surface area contributed by atoms with Crippen LogP contribution in [0.2, 0.25) is 18.1 Å². The molecule has 24 heavy (non-hydrogen) atoms. The van der Waals surface area contributed by atoms with Gasteiger partial charge in [0.25, 0.3) is 0 Å². The van der Waals surface area contributed by atoms with Crippen molar-refractivity contribution in [2.24, 2.45) is 0 Å². The zero-order chi connectivity index (χ0) is 18.1. The van der Waals surface area contributed by atoms with Gasteiger partial charge in [0.2, 0.25) is 0 Å². The highest BCUT2D eigenvalue weighted by Crippen LogP contribution is 2.37. The maximum atomic E-state index is 13.8. The minimum Gasteiger partial charge on any atom is -0.447 e. The highest BCUT2D eigenvalue weighted by molar-refractivity contribution is 6.74.